The molecule has 0 spiro atoms. The minimum absolute atomic E-state index is 0.0807. The molecule has 0 saturated heterocycles. The molecule has 0 saturated carbocycles. The maximum atomic E-state index is 12.0. The first-order chi connectivity index (χ1) is 5.84. The van der Waals surface area contributed by atoms with Gasteiger partial charge in [-0.3, -0.25) is 0 Å². The molecule has 0 heterocycles. The quantitative estimate of drug-likeness (QED) is 0.562. The topological polar surface area (TPSA) is 3.24 Å². The molecule has 0 bridgehead atoms. The monoisotopic (exact) mass is 279 g/mol. The van der Waals surface area contributed by atoms with E-state index in [1.165, 1.54) is 11.8 Å². The number of halogens is 4. The number of thioether (sulfide) groups is 1. The minimum Gasteiger partial charge on any atom is -0.309 e. The van der Waals surface area contributed by atoms with Crippen molar-refractivity contribution in [2.45, 2.75) is 11.0 Å². The summed E-state index contributed by atoms with van der Waals surface area (Å²) in [6.45, 7) is 0.808. The Morgan fingerprint density at radius 3 is 2.31 bits per heavy atom. The average Bonchev–Trinajstić information content (AvgIpc) is 1.95. The number of alkyl halides is 4. The molecule has 6 heteroatoms. The predicted molar refractivity (Wildman–Crippen MR) is 54.6 cm³/mol. The van der Waals surface area contributed by atoms with Gasteiger partial charge in [-0.15, -0.1) is 0 Å². The highest BCUT2D eigenvalue weighted by molar-refractivity contribution is 9.09. The van der Waals surface area contributed by atoms with Crippen LogP contribution in [0.1, 0.15) is 0 Å². The van der Waals surface area contributed by atoms with Crippen LogP contribution in [-0.4, -0.2) is 48.0 Å². The zero-order valence-electron chi connectivity index (χ0n) is 7.57. The van der Waals surface area contributed by atoms with Crippen molar-refractivity contribution >= 4 is 27.7 Å². The molecule has 0 aromatic carbocycles. The SMILES string of the molecule is CN(C)CCSCC(Br)C(F)(F)F. The highest BCUT2D eigenvalue weighted by Gasteiger charge is 2.37. The zero-order chi connectivity index (χ0) is 10.5. The third-order valence-corrected chi connectivity index (χ3v) is 3.61. The first kappa shape index (κ1) is 13.6. The van der Waals surface area contributed by atoms with Gasteiger partial charge in [0.1, 0.15) is 4.83 Å². The van der Waals surface area contributed by atoms with Crippen molar-refractivity contribution in [3.63, 3.8) is 0 Å². The Hall–Kier alpha value is 0.580. The Bertz CT molecular complexity index is 140. The Morgan fingerprint density at radius 2 is 1.92 bits per heavy atom. The summed E-state index contributed by atoms with van der Waals surface area (Å²) < 4.78 is 35.9. The lowest BCUT2D eigenvalue weighted by Crippen LogP contribution is -2.25. The van der Waals surface area contributed by atoms with Gasteiger partial charge in [0, 0.05) is 18.1 Å². The first-order valence-electron chi connectivity index (χ1n) is 3.77. The predicted octanol–water partition coefficient (Wildman–Crippen LogP) is 2.61. The van der Waals surface area contributed by atoms with Gasteiger partial charge in [0.25, 0.3) is 0 Å². The Balaban J connectivity index is 3.43. The smallest absolute Gasteiger partial charge is 0.309 e. The molecule has 0 radical (unpaired) electrons. The molecule has 0 aliphatic carbocycles. The molecule has 13 heavy (non-hydrogen) atoms. The van der Waals surface area contributed by atoms with Crippen LogP contribution in [-0.2, 0) is 0 Å². The second-order valence-corrected chi connectivity index (χ2v) is 5.14. The molecule has 0 N–H and O–H groups in total. The number of nitrogens with zero attached hydrogens (tertiary/aromatic N) is 1. The van der Waals surface area contributed by atoms with Gasteiger partial charge in [0.15, 0.2) is 0 Å². The van der Waals surface area contributed by atoms with E-state index in [1.807, 2.05) is 19.0 Å². The van der Waals surface area contributed by atoms with E-state index in [9.17, 15) is 13.2 Å². The second kappa shape index (κ2) is 6.14. The van der Waals surface area contributed by atoms with Crippen molar-refractivity contribution in [1.29, 1.82) is 0 Å². The van der Waals surface area contributed by atoms with E-state index in [0.29, 0.717) is 0 Å². The van der Waals surface area contributed by atoms with Crippen LogP contribution in [0.5, 0.6) is 0 Å². The molecule has 0 aliphatic heterocycles. The van der Waals surface area contributed by atoms with Gasteiger partial charge in [0.05, 0.1) is 0 Å². The van der Waals surface area contributed by atoms with Gasteiger partial charge in [-0.2, -0.15) is 24.9 Å². The molecule has 0 amide bonds. The van der Waals surface area contributed by atoms with Crippen molar-refractivity contribution < 1.29 is 13.2 Å². The van der Waals surface area contributed by atoms with Crippen LogP contribution in [0.2, 0.25) is 0 Å². The molecule has 0 aromatic heterocycles. The molecule has 1 nitrogen and oxygen atoms in total. The maximum absolute atomic E-state index is 12.0. The molecule has 0 fully saturated rings. The van der Waals surface area contributed by atoms with Gasteiger partial charge in [-0.1, -0.05) is 15.9 Å². The van der Waals surface area contributed by atoms with E-state index in [-0.39, 0.29) is 5.75 Å². The molecule has 1 unspecified atom stereocenters. The fourth-order valence-corrected chi connectivity index (χ4v) is 2.15. The fourth-order valence-electron chi connectivity index (χ4n) is 0.528. The van der Waals surface area contributed by atoms with Crippen LogP contribution < -0.4 is 0 Å². The number of hydrogen-bond donors (Lipinski definition) is 0. The molecule has 0 aromatic rings. The first-order valence-corrected chi connectivity index (χ1v) is 5.84. The van der Waals surface area contributed by atoms with Crippen LogP contribution in [0.3, 0.4) is 0 Å². The third kappa shape index (κ3) is 7.64. The summed E-state index contributed by atoms with van der Waals surface area (Å²) in [6.07, 6.45) is -4.12. The number of hydrogen-bond acceptors (Lipinski definition) is 2. The van der Waals surface area contributed by atoms with E-state index in [4.69, 9.17) is 0 Å². The van der Waals surface area contributed by atoms with Crippen molar-refractivity contribution in [3.05, 3.63) is 0 Å². The number of rotatable bonds is 5. The van der Waals surface area contributed by atoms with Gasteiger partial charge in [0.2, 0.25) is 0 Å². The highest BCUT2D eigenvalue weighted by atomic mass is 79.9. The van der Waals surface area contributed by atoms with E-state index < -0.39 is 11.0 Å². The van der Waals surface area contributed by atoms with Crippen molar-refractivity contribution in [2.24, 2.45) is 0 Å². The van der Waals surface area contributed by atoms with Crippen LogP contribution in [0, 0.1) is 0 Å². The van der Waals surface area contributed by atoms with Crippen molar-refractivity contribution in [1.82, 2.24) is 4.90 Å². The summed E-state index contributed by atoms with van der Waals surface area (Å²) in [7, 11) is 3.80. The molecular formula is C7H13BrF3NS. The Morgan fingerprint density at radius 1 is 1.38 bits per heavy atom. The van der Waals surface area contributed by atoms with E-state index >= 15 is 0 Å². The Labute approximate surface area is 89.2 Å². The van der Waals surface area contributed by atoms with E-state index in [2.05, 4.69) is 15.9 Å². The van der Waals surface area contributed by atoms with E-state index in [0.717, 1.165) is 12.3 Å². The van der Waals surface area contributed by atoms with Gasteiger partial charge >= 0.3 is 6.18 Å². The lowest BCUT2D eigenvalue weighted by Gasteiger charge is -2.14. The summed E-state index contributed by atoms with van der Waals surface area (Å²) in [6, 6.07) is 0. The normalized spacial score (nSPS) is 15.0. The van der Waals surface area contributed by atoms with Gasteiger partial charge in [-0.05, 0) is 14.1 Å². The molecule has 0 rings (SSSR count). The van der Waals surface area contributed by atoms with Crippen molar-refractivity contribution in [2.75, 3.05) is 32.1 Å². The maximum Gasteiger partial charge on any atom is 0.402 e. The molecule has 0 aliphatic rings. The van der Waals surface area contributed by atoms with Gasteiger partial charge < -0.3 is 4.90 Å². The molecule has 80 valence electrons. The molecular weight excluding hydrogens is 267 g/mol. The fraction of sp³-hybridized carbons (Fsp3) is 1.00. The second-order valence-electron chi connectivity index (χ2n) is 2.89. The van der Waals surface area contributed by atoms with Crippen LogP contribution >= 0.6 is 27.7 Å². The standard InChI is InChI=1S/C7H13BrF3NS/c1-12(2)3-4-13-5-6(8)7(9,10)11/h6H,3-5H2,1-2H3. The summed E-state index contributed by atoms with van der Waals surface area (Å²) in [4.78, 5) is 0.566. The summed E-state index contributed by atoms with van der Waals surface area (Å²) in [5.74, 6) is 0.808. The van der Waals surface area contributed by atoms with Crippen LogP contribution in [0.25, 0.3) is 0 Å². The zero-order valence-corrected chi connectivity index (χ0v) is 9.97. The van der Waals surface area contributed by atoms with Crippen molar-refractivity contribution in [3.8, 4) is 0 Å². The Kier molecular flexibility index (Phi) is 6.41. The minimum atomic E-state index is -4.12. The third-order valence-electron chi connectivity index (χ3n) is 1.30. The summed E-state index contributed by atoms with van der Waals surface area (Å²) >= 11 is 3.91. The van der Waals surface area contributed by atoms with Gasteiger partial charge in [-0.25, -0.2) is 0 Å². The average molecular weight is 280 g/mol. The largest absolute Gasteiger partial charge is 0.402 e. The summed E-state index contributed by atoms with van der Waals surface area (Å²) in [5, 5.41) is 0. The van der Waals surface area contributed by atoms with Crippen LogP contribution in [0.15, 0.2) is 0 Å². The van der Waals surface area contributed by atoms with E-state index in [1.54, 1.807) is 0 Å². The summed E-state index contributed by atoms with van der Waals surface area (Å²) in [5.41, 5.74) is 0. The van der Waals surface area contributed by atoms with Crippen LogP contribution in [0.4, 0.5) is 13.2 Å². The lowest BCUT2D eigenvalue weighted by atomic mass is 10.5. The molecule has 1 atom stereocenters. The lowest BCUT2D eigenvalue weighted by molar-refractivity contribution is -0.122. The highest BCUT2D eigenvalue weighted by Crippen LogP contribution is 2.28.